The molecule has 0 bridgehead atoms. The van der Waals surface area contributed by atoms with Crippen molar-refractivity contribution in [3.05, 3.63) is 0 Å². The molecule has 5 nitrogen and oxygen atoms in total. The Bertz CT molecular complexity index is 365. The van der Waals surface area contributed by atoms with E-state index in [-0.39, 0.29) is 0 Å². The van der Waals surface area contributed by atoms with E-state index in [0.29, 0.717) is 0 Å². The molecule has 1 fully saturated rings. The van der Waals surface area contributed by atoms with Gasteiger partial charge in [-0.1, -0.05) is 0 Å². The minimum absolute atomic E-state index is 0.561. The Morgan fingerprint density at radius 1 is 1.33 bits per heavy atom. The fourth-order valence-electron chi connectivity index (χ4n) is 1.39. The molecule has 18 heavy (non-hydrogen) atoms. The lowest BCUT2D eigenvalue weighted by Gasteiger charge is -2.23. The molecule has 104 valence electrons. The number of esters is 1. The summed E-state index contributed by atoms with van der Waals surface area (Å²) in [6, 6.07) is 0. The van der Waals surface area contributed by atoms with E-state index in [1.54, 1.807) is 20.8 Å². The molecule has 0 heterocycles. The number of hydrogen-bond acceptors (Lipinski definition) is 4. The zero-order valence-electron chi connectivity index (χ0n) is 10.8. The van der Waals surface area contributed by atoms with E-state index in [1.165, 1.54) is 0 Å². The predicted octanol–water partition coefficient (Wildman–Crippen LogP) is 1.85. The Morgan fingerprint density at radius 3 is 2.17 bits per heavy atom. The Kier molecular flexibility index (Phi) is 3.56. The molecule has 0 aromatic rings. The molecule has 7 heteroatoms. The first-order chi connectivity index (χ1) is 7.97. The molecule has 1 saturated carbocycles. The highest BCUT2D eigenvalue weighted by molar-refractivity contribution is 5.70. The Morgan fingerprint density at radius 2 is 1.83 bits per heavy atom. The number of hydrogen-bond donors (Lipinski definition) is 1. The average molecular weight is 265 g/mol. The van der Waals surface area contributed by atoms with E-state index < -0.39 is 42.2 Å². The summed E-state index contributed by atoms with van der Waals surface area (Å²) in [4.78, 5) is 22.1. The molecule has 1 N–H and O–H groups in total. The summed E-state index contributed by atoms with van der Waals surface area (Å²) in [6.07, 6.45) is -1.51. The van der Waals surface area contributed by atoms with E-state index in [0.717, 1.165) is 6.92 Å². The van der Waals surface area contributed by atoms with Crippen molar-refractivity contribution in [2.45, 2.75) is 51.2 Å². The third-order valence-corrected chi connectivity index (χ3v) is 2.36. The third kappa shape index (κ3) is 3.54. The molecule has 0 spiro atoms. The second kappa shape index (κ2) is 4.37. The van der Waals surface area contributed by atoms with E-state index in [1.807, 2.05) is 0 Å². The van der Waals surface area contributed by atoms with Crippen LogP contribution in [0.25, 0.3) is 0 Å². The van der Waals surface area contributed by atoms with Crippen LogP contribution in [0.5, 0.6) is 0 Å². The third-order valence-electron chi connectivity index (χ3n) is 2.36. The van der Waals surface area contributed by atoms with Gasteiger partial charge >= 0.3 is 12.1 Å². The van der Waals surface area contributed by atoms with Crippen LogP contribution in [0.2, 0.25) is 0 Å². The number of ether oxygens (including phenoxy) is 2. The van der Waals surface area contributed by atoms with Crippen molar-refractivity contribution in [2.24, 2.45) is 0 Å². The summed E-state index contributed by atoms with van der Waals surface area (Å²) < 4.78 is 35.9. The number of alkyl halides is 2. The number of carbonyl (C=O) groups excluding carboxylic acids is 2. The van der Waals surface area contributed by atoms with Crippen LogP contribution in [0.4, 0.5) is 13.6 Å². The van der Waals surface area contributed by atoms with Gasteiger partial charge in [-0.2, -0.15) is 0 Å². The molecule has 1 aliphatic carbocycles. The van der Waals surface area contributed by atoms with Gasteiger partial charge in [-0.3, -0.25) is 4.79 Å². The minimum Gasteiger partial charge on any atom is -0.463 e. The molecule has 1 rings (SSSR count). The summed E-state index contributed by atoms with van der Waals surface area (Å²) >= 11 is 0. The number of halogens is 2. The standard InChI is InChI=1S/C11H17F2NO4/c1-7(15)17-6-10(5-11(10,12)13)14-8(16)18-9(2,3)4/h5-6H2,1-4H3,(H,14,16)/t10-/m1/s1. The average Bonchev–Trinajstić information content (AvgIpc) is 2.61. The van der Waals surface area contributed by atoms with Gasteiger partial charge in [-0.15, -0.1) is 0 Å². The van der Waals surface area contributed by atoms with Crippen molar-refractivity contribution >= 4 is 12.1 Å². The molecule has 0 unspecified atom stereocenters. The first kappa shape index (κ1) is 14.7. The Hall–Kier alpha value is -1.40. The maximum absolute atomic E-state index is 13.2. The number of carbonyl (C=O) groups is 2. The minimum atomic E-state index is -3.08. The number of amides is 1. The van der Waals surface area contributed by atoms with Gasteiger partial charge in [0.25, 0.3) is 5.92 Å². The van der Waals surface area contributed by atoms with Crippen LogP contribution in [0.15, 0.2) is 0 Å². The van der Waals surface area contributed by atoms with Crippen molar-refractivity contribution in [1.29, 1.82) is 0 Å². The normalized spacial score (nSPS) is 25.2. The van der Waals surface area contributed by atoms with Gasteiger partial charge in [-0.05, 0) is 20.8 Å². The Labute approximate surface area is 104 Å². The highest BCUT2D eigenvalue weighted by atomic mass is 19.3. The van der Waals surface area contributed by atoms with Crippen LogP contribution in [-0.4, -0.2) is 35.7 Å². The highest BCUT2D eigenvalue weighted by Crippen LogP contribution is 2.52. The molecule has 0 aliphatic heterocycles. The molecule has 1 atom stereocenters. The van der Waals surface area contributed by atoms with Gasteiger partial charge in [0.15, 0.2) is 0 Å². The predicted molar refractivity (Wildman–Crippen MR) is 58.3 cm³/mol. The van der Waals surface area contributed by atoms with Crippen molar-refractivity contribution in [1.82, 2.24) is 5.32 Å². The van der Waals surface area contributed by atoms with Gasteiger partial charge in [0.1, 0.15) is 17.7 Å². The summed E-state index contributed by atoms with van der Waals surface area (Å²) in [5.74, 6) is -3.76. The largest absolute Gasteiger partial charge is 0.463 e. The monoisotopic (exact) mass is 265 g/mol. The Balaban J connectivity index is 2.60. The molecular formula is C11H17F2NO4. The fraction of sp³-hybridized carbons (Fsp3) is 0.818. The molecule has 0 saturated heterocycles. The van der Waals surface area contributed by atoms with Crippen molar-refractivity contribution in [3.63, 3.8) is 0 Å². The number of rotatable bonds is 3. The second-order valence-corrected chi connectivity index (χ2v) is 5.37. The van der Waals surface area contributed by atoms with Gasteiger partial charge in [0.2, 0.25) is 0 Å². The molecule has 1 aliphatic rings. The van der Waals surface area contributed by atoms with Crippen LogP contribution in [0, 0.1) is 0 Å². The van der Waals surface area contributed by atoms with Crippen molar-refractivity contribution in [2.75, 3.05) is 6.61 Å². The lowest BCUT2D eigenvalue weighted by molar-refractivity contribution is -0.143. The van der Waals surface area contributed by atoms with Gasteiger partial charge < -0.3 is 14.8 Å². The fourth-order valence-corrected chi connectivity index (χ4v) is 1.39. The zero-order chi connectivity index (χ0) is 14.2. The summed E-state index contributed by atoms with van der Waals surface area (Å²) in [5, 5.41) is 2.08. The number of nitrogens with one attached hydrogen (secondary N) is 1. The zero-order valence-corrected chi connectivity index (χ0v) is 10.8. The summed E-state index contributed by atoms with van der Waals surface area (Å²) in [7, 11) is 0. The lowest BCUT2D eigenvalue weighted by Crippen LogP contribution is -2.47. The van der Waals surface area contributed by atoms with E-state index >= 15 is 0 Å². The SMILES string of the molecule is CC(=O)OC[C@]1(NC(=O)OC(C)(C)C)CC1(F)F. The topological polar surface area (TPSA) is 64.6 Å². The van der Waals surface area contributed by atoms with Crippen LogP contribution < -0.4 is 5.32 Å². The molecule has 0 radical (unpaired) electrons. The summed E-state index contributed by atoms with van der Waals surface area (Å²) in [6.45, 7) is 5.42. The molecule has 0 aromatic heterocycles. The first-order valence-corrected chi connectivity index (χ1v) is 5.50. The second-order valence-electron chi connectivity index (χ2n) is 5.37. The molecule has 0 aromatic carbocycles. The quantitative estimate of drug-likeness (QED) is 0.791. The van der Waals surface area contributed by atoms with Gasteiger partial charge in [0.05, 0.1) is 0 Å². The lowest BCUT2D eigenvalue weighted by atomic mass is 10.2. The van der Waals surface area contributed by atoms with E-state index in [4.69, 9.17) is 4.74 Å². The summed E-state index contributed by atoms with van der Waals surface area (Å²) in [5.41, 5.74) is -2.61. The van der Waals surface area contributed by atoms with E-state index in [2.05, 4.69) is 10.1 Å². The van der Waals surface area contributed by atoms with Crippen LogP contribution in [0.1, 0.15) is 34.1 Å². The maximum atomic E-state index is 13.2. The van der Waals surface area contributed by atoms with Gasteiger partial charge in [0, 0.05) is 13.3 Å². The number of alkyl carbamates (subject to hydrolysis) is 1. The first-order valence-electron chi connectivity index (χ1n) is 5.50. The molecule has 1 amide bonds. The highest BCUT2D eigenvalue weighted by Gasteiger charge is 2.73. The van der Waals surface area contributed by atoms with Crippen LogP contribution in [-0.2, 0) is 14.3 Å². The van der Waals surface area contributed by atoms with Crippen LogP contribution >= 0.6 is 0 Å². The van der Waals surface area contributed by atoms with Crippen molar-refractivity contribution in [3.8, 4) is 0 Å². The maximum Gasteiger partial charge on any atom is 0.408 e. The van der Waals surface area contributed by atoms with E-state index in [9.17, 15) is 18.4 Å². The smallest absolute Gasteiger partial charge is 0.408 e. The van der Waals surface area contributed by atoms with Crippen molar-refractivity contribution < 1.29 is 27.8 Å². The van der Waals surface area contributed by atoms with Gasteiger partial charge in [-0.25, -0.2) is 13.6 Å². The van der Waals surface area contributed by atoms with Crippen LogP contribution in [0.3, 0.4) is 0 Å². The molecular weight excluding hydrogens is 248 g/mol.